The molecule has 0 saturated carbocycles. The number of hydrogen-bond acceptors (Lipinski definition) is 7. The molecule has 0 aliphatic carbocycles. The van der Waals surface area contributed by atoms with Crippen molar-refractivity contribution in [1.82, 2.24) is 13.9 Å². The molecule has 3 heterocycles. The molecule has 1 fully saturated rings. The zero-order chi connectivity index (χ0) is 22.2. The van der Waals surface area contributed by atoms with E-state index in [0.717, 1.165) is 15.3 Å². The van der Waals surface area contributed by atoms with Gasteiger partial charge in [0.1, 0.15) is 12.4 Å². The third-order valence-corrected chi connectivity index (χ3v) is 8.18. The topological polar surface area (TPSA) is 90.7 Å². The Morgan fingerprint density at radius 3 is 2.61 bits per heavy atom. The Hall–Kier alpha value is -2.27. The van der Waals surface area contributed by atoms with Crippen molar-refractivity contribution in [3.63, 3.8) is 0 Å². The van der Waals surface area contributed by atoms with Crippen molar-refractivity contribution >= 4 is 38.4 Å². The molecule has 1 saturated heterocycles. The first-order valence-corrected chi connectivity index (χ1v) is 12.4. The van der Waals surface area contributed by atoms with E-state index in [1.165, 1.54) is 4.31 Å². The summed E-state index contributed by atoms with van der Waals surface area (Å²) in [6.07, 6.45) is 0. The van der Waals surface area contributed by atoms with Crippen molar-refractivity contribution in [1.29, 1.82) is 0 Å². The van der Waals surface area contributed by atoms with Crippen LogP contribution in [-0.2, 0) is 32.6 Å². The average Bonchev–Trinajstić information content (AvgIpc) is 3.30. The Labute approximate surface area is 185 Å². The Bertz CT molecular complexity index is 1220. The lowest BCUT2D eigenvalue weighted by Gasteiger charge is -2.26. The molecule has 31 heavy (non-hydrogen) atoms. The highest BCUT2D eigenvalue weighted by atomic mass is 32.2. The van der Waals surface area contributed by atoms with E-state index in [4.69, 9.17) is 9.47 Å². The first kappa shape index (κ1) is 21.9. The first-order chi connectivity index (χ1) is 14.8. The zero-order valence-corrected chi connectivity index (χ0v) is 19.4. The quantitative estimate of drug-likeness (QED) is 0.522. The van der Waals surface area contributed by atoms with E-state index >= 15 is 0 Å². The number of fused-ring (bicyclic) bond motifs is 1. The highest BCUT2D eigenvalue weighted by molar-refractivity contribution is 7.89. The van der Waals surface area contributed by atoms with Gasteiger partial charge in [-0.05, 0) is 45.0 Å². The molecule has 3 aromatic rings. The molecule has 4 rings (SSSR count). The molecular weight excluding hydrogens is 438 g/mol. The molecule has 0 unspecified atom stereocenters. The number of morpholine rings is 1. The third-order valence-electron chi connectivity index (χ3n) is 5.32. The molecule has 0 amide bonds. The average molecular weight is 464 g/mol. The second-order valence-electron chi connectivity index (χ2n) is 7.34. The van der Waals surface area contributed by atoms with Gasteiger partial charge < -0.3 is 14.0 Å². The van der Waals surface area contributed by atoms with Crippen molar-refractivity contribution in [2.45, 2.75) is 38.8 Å². The second kappa shape index (κ2) is 8.70. The van der Waals surface area contributed by atoms with Gasteiger partial charge in [-0.25, -0.2) is 18.2 Å². The smallest absolute Gasteiger partial charge is 0.339 e. The van der Waals surface area contributed by atoms with Crippen molar-refractivity contribution in [2.75, 3.05) is 26.3 Å². The van der Waals surface area contributed by atoms with Crippen LogP contribution in [0.3, 0.4) is 0 Å². The van der Waals surface area contributed by atoms with Gasteiger partial charge in [0.2, 0.25) is 10.0 Å². The van der Waals surface area contributed by atoms with Crippen LogP contribution in [-0.4, -0.2) is 54.5 Å². The summed E-state index contributed by atoms with van der Waals surface area (Å²) in [6, 6.07) is 6.78. The number of aryl methyl sites for hydroxylation is 3. The number of benzene rings is 1. The van der Waals surface area contributed by atoms with Crippen molar-refractivity contribution in [2.24, 2.45) is 0 Å². The Morgan fingerprint density at radius 2 is 1.97 bits per heavy atom. The van der Waals surface area contributed by atoms with Gasteiger partial charge in [-0.3, -0.25) is 0 Å². The number of sulfonamides is 1. The second-order valence-corrected chi connectivity index (χ2v) is 10.7. The number of carbonyl (C=O) groups is 1. The first-order valence-electron chi connectivity index (χ1n) is 10.1. The monoisotopic (exact) mass is 463 g/mol. The minimum absolute atomic E-state index is 0.0151. The van der Waals surface area contributed by atoms with Gasteiger partial charge in [0.15, 0.2) is 0 Å². The van der Waals surface area contributed by atoms with Crippen LogP contribution >= 0.6 is 11.3 Å². The van der Waals surface area contributed by atoms with Crippen LogP contribution in [0.4, 0.5) is 0 Å². The number of aromatic nitrogens is 2. The highest BCUT2D eigenvalue weighted by Gasteiger charge is 2.27. The minimum Gasteiger partial charge on any atom is -0.454 e. The minimum atomic E-state index is -3.61. The predicted octanol–water partition coefficient (Wildman–Crippen LogP) is 3.11. The van der Waals surface area contributed by atoms with Crippen LogP contribution in [0.25, 0.3) is 11.0 Å². The summed E-state index contributed by atoms with van der Waals surface area (Å²) in [7, 11) is -3.61. The normalized spacial score (nSPS) is 15.5. The Balaban J connectivity index is 1.60. The molecule has 1 aromatic carbocycles. The van der Waals surface area contributed by atoms with Gasteiger partial charge in [0.25, 0.3) is 0 Å². The fraction of sp³-hybridized carbons (Fsp3) is 0.429. The number of carbonyl (C=O) groups excluding carboxylic acids is 1. The van der Waals surface area contributed by atoms with Crippen LogP contribution in [0.1, 0.15) is 32.9 Å². The van der Waals surface area contributed by atoms with E-state index in [0.29, 0.717) is 49.8 Å². The van der Waals surface area contributed by atoms with E-state index < -0.39 is 10.0 Å². The lowest BCUT2D eigenvalue weighted by Crippen LogP contribution is -2.40. The van der Waals surface area contributed by atoms with E-state index in [-0.39, 0.29) is 17.5 Å². The highest BCUT2D eigenvalue weighted by Crippen LogP contribution is 2.25. The molecule has 10 heteroatoms. The largest absolute Gasteiger partial charge is 0.454 e. The summed E-state index contributed by atoms with van der Waals surface area (Å²) in [5.74, 6) is 0.198. The summed E-state index contributed by atoms with van der Waals surface area (Å²) < 4.78 is 40.1. The lowest BCUT2D eigenvalue weighted by molar-refractivity contribution is 0.0458. The number of imidazole rings is 1. The van der Waals surface area contributed by atoms with Crippen molar-refractivity contribution < 1.29 is 22.7 Å². The Kier molecular flexibility index (Phi) is 6.16. The maximum absolute atomic E-state index is 13.0. The lowest BCUT2D eigenvalue weighted by atomic mass is 10.2. The number of thiophene rings is 1. The van der Waals surface area contributed by atoms with E-state index in [1.54, 1.807) is 29.5 Å². The van der Waals surface area contributed by atoms with Crippen LogP contribution in [0.15, 0.2) is 29.2 Å². The van der Waals surface area contributed by atoms with Crippen LogP contribution in [0.2, 0.25) is 0 Å². The van der Waals surface area contributed by atoms with E-state index in [1.807, 2.05) is 31.4 Å². The fourth-order valence-electron chi connectivity index (χ4n) is 3.76. The Morgan fingerprint density at radius 1 is 1.23 bits per heavy atom. The van der Waals surface area contributed by atoms with Gasteiger partial charge in [0, 0.05) is 29.4 Å². The van der Waals surface area contributed by atoms with Gasteiger partial charge >= 0.3 is 5.97 Å². The van der Waals surface area contributed by atoms with E-state index in [9.17, 15) is 13.2 Å². The molecular formula is C21H25N3O5S2. The summed E-state index contributed by atoms with van der Waals surface area (Å²) in [6.45, 7) is 7.92. The van der Waals surface area contributed by atoms with Crippen molar-refractivity contribution in [3.8, 4) is 0 Å². The molecule has 0 atom stereocenters. The van der Waals surface area contributed by atoms with Crippen molar-refractivity contribution in [3.05, 3.63) is 45.4 Å². The molecule has 2 aromatic heterocycles. The summed E-state index contributed by atoms with van der Waals surface area (Å²) in [4.78, 5) is 19.2. The maximum atomic E-state index is 13.0. The van der Waals surface area contributed by atoms with E-state index in [2.05, 4.69) is 4.98 Å². The van der Waals surface area contributed by atoms with Crippen LogP contribution < -0.4 is 0 Å². The maximum Gasteiger partial charge on any atom is 0.339 e. The van der Waals surface area contributed by atoms with Gasteiger partial charge in [0.05, 0.1) is 34.7 Å². The number of hydrogen-bond donors (Lipinski definition) is 0. The predicted molar refractivity (Wildman–Crippen MR) is 118 cm³/mol. The molecule has 0 N–H and O–H groups in total. The molecule has 0 spiro atoms. The standard InChI is InChI=1S/C21H25N3O5S2/c1-4-24-19-6-5-16(31(26,27)23-7-9-28-10-8-23)12-18(19)22-20(24)13-29-21(25)17-11-14(2)30-15(17)3/h5-6,11-12H,4,7-10,13H2,1-3H3. The third kappa shape index (κ3) is 4.25. The fourth-order valence-corrected chi connectivity index (χ4v) is 6.10. The molecule has 1 aliphatic rings. The van der Waals surface area contributed by atoms with Gasteiger partial charge in [-0.2, -0.15) is 4.31 Å². The summed E-state index contributed by atoms with van der Waals surface area (Å²) in [5, 5.41) is 0. The molecule has 0 bridgehead atoms. The number of rotatable bonds is 6. The van der Waals surface area contributed by atoms with Crippen LogP contribution in [0, 0.1) is 13.8 Å². The molecule has 1 aliphatic heterocycles. The zero-order valence-electron chi connectivity index (χ0n) is 17.8. The molecule has 8 nitrogen and oxygen atoms in total. The summed E-state index contributed by atoms with van der Waals surface area (Å²) >= 11 is 1.56. The number of ether oxygens (including phenoxy) is 2. The summed E-state index contributed by atoms with van der Waals surface area (Å²) in [5.41, 5.74) is 1.93. The molecule has 0 radical (unpaired) electrons. The molecule has 166 valence electrons. The SMILES string of the molecule is CCn1c(COC(=O)c2cc(C)sc2C)nc2cc(S(=O)(=O)N3CCOCC3)ccc21. The van der Waals surface area contributed by atoms with Gasteiger partial charge in [-0.15, -0.1) is 11.3 Å². The number of nitrogens with zero attached hydrogens (tertiary/aromatic N) is 3. The van der Waals surface area contributed by atoms with Gasteiger partial charge in [-0.1, -0.05) is 0 Å². The van der Waals surface area contributed by atoms with Crippen LogP contribution in [0.5, 0.6) is 0 Å². The number of esters is 1.